The van der Waals surface area contributed by atoms with Crippen molar-refractivity contribution in [2.24, 2.45) is 0 Å². The minimum atomic E-state index is -1.01. The molecule has 0 heterocycles. The Morgan fingerprint density at radius 2 is 2.10 bits per heavy atom. The SMILES string of the molecule is CCCC(C)(NC(=O)c1cc(I)ccc1Br)C(=O)OC. The molecule has 0 radical (unpaired) electrons. The lowest BCUT2D eigenvalue weighted by Crippen LogP contribution is -2.52. The van der Waals surface area contributed by atoms with Gasteiger partial charge in [-0.3, -0.25) is 4.79 Å². The van der Waals surface area contributed by atoms with Crippen molar-refractivity contribution in [2.45, 2.75) is 32.2 Å². The van der Waals surface area contributed by atoms with Crippen LogP contribution in [0.2, 0.25) is 0 Å². The molecule has 1 aromatic carbocycles. The first-order valence-electron chi connectivity index (χ1n) is 6.20. The summed E-state index contributed by atoms with van der Waals surface area (Å²) in [5.41, 5.74) is -0.510. The van der Waals surface area contributed by atoms with Gasteiger partial charge < -0.3 is 10.1 Å². The first kappa shape index (κ1) is 17.4. The molecule has 0 bridgehead atoms. The van der Waals surface area contributed by atoms with Crippen molar-refractivity contribution in [3.8, 4) is 0 Å². The first-order valence-corrected chi connectivity index (χ1v) is 8.07. The number of carbonyl (C=O) groups is 2. The Morgan fingerprint density at radius 1 is 1.45 bits per heavy atom. The van der Waals surface area contributed by atoms with Crippen LogP contribution in [0.15, 0.2) is 22.7 Å². The van der Waals surface area contributed by atoms with Crippen molar-refractivity contribution in [3.05, 3.63) is 31.8 Å². The molecular weight excluding hydrogens is 437 g/mol. The summed E-state index contributed by atoms with van der Waals surface area (Å²) in [6.07, 6.45) is 1.28. The highest BCUT2D eigenvalue weighted by Crippen LogP contribution is 2.21. The van der Waals surface area contributed by atoms with Gasteiger partial charge in [-0.2, -0.15) is 0 Å². The molecule has 1 aromatic rings. The third-order valence-corrected chi connectivity index (χ3v) is 4.31. The number of amides is 1. The topological polar surface area (TPSA) is 55.4 Å². The smallest absolute Gasteiger partial charge is 0.331 e. The van der Waals surface area contributed by atoms with Gasteiger partial charge in [0, 0.05) is 8.04 Å². The Balaban J connectivity index is 3.02. The molecule has 1 rings (SSSR count). The van der Waals surface area contributed by atoms with Crippen LogP contribution in [-0.4, -0.2) is 24.5 Å². The molecule has 1 unspecified atom stereocenters. The number of hydrogen-bond acceptors (Lipinski definition) is 3. The van der Waals surface area contributed by atoms with Crippen LogP contribution in [0, 0.1) is 3.57 Å². The van der Waals surface area contributed by atoms with E-state index in [0.717, 1.165) is 9.99 Å². The first-order chi connectivity index (χ1) is 9.34. The van der Waals surface area contributed by atoms with Crippen molar-refractivity contribution in [2.75, 3.05) is 7.11 Å². The minimum Gasteiger partial charge on any atom is -0.467 e. The zero-order valence-electron chi connectivity index (χ0n) is 11.6. The predicted octanol–water partition coefficient (Wildman–Crippen LogP) is 3.52. The van der Waals surface area contributed by atoms with Gasteiger partial charge >= 0.3 is 5.97 Å². The number of ether oxygens (including phenoxy) is 1. The molecule has 0 saturated heterocycles. The van der Waals surface area contributed by atoms with Crippen LogP contribution in [0.1, 0.15) is 37.0 Å². The van der Waals surface area contributed by atoms with Crippen molar-refractivity contribution < 1.29 is 14.3 Å². The van der Waals surface area contributed by atoms with Crippen LogP contribution in [-0.2, 0) is 9.53 Å². The Labute approximate surface area is 140 Å². The normalized spacial score (nSPS) is 13.4. The summed E-state index contributed by atoms with van der Waals surface area (Å²) >= 11 is 5.49. The van der Waals surface area contributed by atoms with E-state index < -0.39 is 11.5 Å². The fraction of sp³-hybridized carbons (Fsp3) is 0.429. The van der Waals surface area contributed by atoms with Crippen molar-refractivity contribution in [1.82, 2.24) is 5.32 Å². The van der Waals surface area contributed by atoms with Crippen LogP contribution in [0.4, 0.5) is 0 Å². The molecule has 0 aliphatic rings. The molecule has 4 nitrogen and oxygen atoms in total. The number of carbonyl (C=O) groups excluding carboxylic acids is 2. The molecule has 0 saturated carbocycles. The lowest BCUT2D eigenvalue weighted by molar-refractivity contribution is -0.147. The van der Waals surface area contributed by atoms with Gasteiger partial charge in [-0.1, -0.05) is 13.3 Å². The lowest BCUT2D eigenvalue weighted by atomic mass is 9.95. The van der Waals surface area contributed by atoms with E-state index in [9.17, 15) is 9.59 Å². The second-order valence-electron chi connectivity index (χ2n) is 4.65. The minimum absolute atomic E-state index is 0.295. The van der Waals surface area contributed by atoms with E-state index in [1.54, 1.807) is 13.0 Å². The Kier molecular flexibility index (Phi) is 6.44. The average molecular weight is 454 g/mol. The van der Waals surface area contributed by atoms with Gasteiger partial charge in [0.1, 0.15) is 5.54 Å². The number of esters is 1. The number of methoxy groups -OCH3 is 1. The van der Waals surface area contributed by atoms with Gasteiger partial charge in [-0.05, 0) is 70.1 Å². The molecule has 0 fully saturated rings. The highest BCUT2D eigenvalue weighted by molar-refractivity contribution is 14.1. The van der Waals surface area contributed by atoms with Crippen LogP contribution in [0.3, 0.4) is 0 Å². The van der Waals surface area contributed by atoms with Crippen LogP contribution in [0.25, 0.3) is 0 Å². The third-order valence-electron chi connectivity index (χ3n) is 2.95. The quantitative estimate of drug-likeness (QED) is 0.548. The molecule has 0 spiro atoms. The molecular formula is C14H17BrINO3. The van der Waals surface area contributed by atoms with Gasteiger partial charge in [0.25, 0.3) is 5.91 Å². The largest absolute Gasteiger partial charge is 0.467 e. The van der Waals surface area contributed by atoms with E-state index in [-0.39, 0.29) is 5.91 Å². The van der Waals surface area contributed by atoms with Gasteiger partial charge in [0.15, 0.2) is 0 Å². The Hall–Kier alpha value is -0.630. The standard InChI is InChI=1S/C14H17BrINO3/c1-4-7-14(2,13(19)20-3)17-12(18)10-8-9(16)5-6-11(10)15/h5-6,8H,4,7H2,1-3H3,(H,17,18). The summed E-state index contributed by atoms with van der Waals surface area (Å²) in [5, 5.41) is 2.78. The second-order valence-corrected chi connectivity index (χ2v) is 6.75. The summed E-state index contributed by atoms with van der Waals surface area (Å²) < 4.78 is 6.44. The van der Waals surface area contributed by atoms with Gasteiger partial charge in [-0.15, -0.1) is 0 Å². The summed E-state index contributed by atoms with van der Waals surface area (Å²) in [6.45, 7) is 3.64. The maximum atomic E-state index is 12.4. The molecule has 0 aliphatic heterocycles. The highest BCUT2D eigenvalue weighted by Gasteiger charge is 2.35. The van der Waals surface area contributed by atoms with E-state index in [0.29, 0.717) is 16.5 Å². The maximum absolute atomic E-state index is 12.4. The van der Waals surface area contributed by atoms with Gasteiger partial charge in [0.05, 0.1) is 12.7 Å². The van der Waals surface area contributed by atoms with E-state index >= 15 is 0 Å². The average Bonchev–Trinajstić information content (AvgIpc) is 2.40. The van der Waals surface area contributed by atoms with Crippen molar-refractivity contribution in [1.29, 1.82) is 0 Å². The van der Waals surface area contributed by atoms with Crippen LogP contribution >= 0.6 is 38.5 Å². The molecule has 1 N–H and O–H groups in total. The molecule has 1 atom stereocenters. The van der Waals surface area contributed by atoms with E-state index in [4.69, 9.17) is 4.74 Å². The van der Waals surface area contributed by atoms with Gasteiger partial charge in [0.2, 0.25) is 0 Å². The molecule has 0 aliphatic carbocycles. The summed E-state index contributed by atoms with van der Waals surface area (Å²) in [6, 6.07) is 5.47. The Bertz CT molecular complexity index is 521. The number of nitrogens with one attached hydrogen (secondary N) is 1. The number of hydrogen-bond donors (Lipinski definition) is 1. The highest BCUT2D eigenvalue weighted by atomic mass is 127. The summed E-state index contributed by atoms with van der Waals surface area (Å²) in [5.74, 6) is -0.730. The van der Waals surface area contributed by atoms with Crippen molar-refractivity contribution >= 4 is 50.4 Å². The fourth-order valence-electron chi connectivity index (χ4n) is 1.93. The lowest BCUT2D eigenvalue weighted by Gasteiger charge is -2.27. The number of benzene rings is 1. The number of halogens is 2. The maximum Gasteiger partial charge on any atom is 0.331 e. The Morgan fingerprint density at radius 3 is 2.65 bits per heavy atom. The number of rotatable bonds is 5. The van der Waals surface area contributed by atoms with E-state index in [1.165, 1.54) is 7.11 Å². The fourth-order valence-corrected chi connectivity index (χ4v) is 2.85. The molecule has 6 heteroatoms. The van der Waals surface area contributed by atoms with E-state index in [1.807, 2.05) is 19.1 Å². The monoisotopic (exact) mass is 453 g/mol. The second kappa shape index (κ2) is 7.40. The van der Waals surface area contributed by atoms with E-state index in [2.05, 4.69) is 43.8 Å². The molecule has 0 aromatic heterocycles. The summed E-state index contributed by atoms with van der Waals surface area (Å²) in [4.78, 5) is 24.3. The summed E-state index contributed by atoms with van der Waals surface area (Å²) in [7, 11) is 1.32. The van der Waals surface area contributed by atoms with Crippen molar-refractivity contribution in [3.63, 3.8) is 0 Å². The van der Waals surface area contributed by atoms with Crippen LogP contribution < -0.4 is 5.32 Å². The van der Waals surface area contributed by atoms with Crippen LogP contribution in [0.5, 0.6) is 0 Å². The molecule has 110 valence electrons. The zero-order chi connectivity index (χ0) is 15.3. The predicted molar refractivity (Wildman–Crippen MR) is 89.7 cm³/mol. The third kappa shape index (κ3) is 4.18. The molecule has 20 heavy (non-hydrogen) atoms. The molecule has 1 amide bonds. The zero-order valence-corrected chi connectivity index (χ0v) is 15.4. The van der Waals surface area contributed by atoms with Gasteiger partial charge in [-0.25, -0.2) is 4.79 Å².